The number of rotatable bonds is 42. The van der Waals surface area contributed by atoms with Gasteiger partial charge in [0, 0.05) is 19.4 Å². The van der Waals surface area contributed by atoms with Crippen molar-refractivity contribution in [3.05, 3.63) is 60.8 Å². The van der Waals surface area contributed by atoms with Gasteiger partial charge in [0.15, 0.2) is 6.10 Å². The zero-order valence-electron chi connectivity index (χ0n) is 36.3. The summed E-state index contributed by atoms with van der Waals surface area (Å²) in [6, 6.07) is 0. The predicted octanol–water partition coefficient (Wildman–Crippen LogP) is 13.3. The van der Waals surface area contributed by atoms with Crippen LogP contribution in [0.25, 0.3) is 0 Å². The molecule has 0 aliphatic carbocycles. The van der Waals surface area contributed by atoms with Gasteiger partial charge in [0.05, 0.1) is 13.2 Å². The highest BCUT2D eigenvalue weighted by Crippen LogP contribution is 2.43. The number of hydrogen-bond donors (Lipinski definition) is 2. The van der Waals surface area contributed by atoms with Gasteiger partial charge in [-0.05, 0) is 77.0 Å². The normalized spacial score (nSPS) is 13.8. The molecule has 0 radical (unpaired) electrons. The summed E-state index contributed by atoms with van der Waals surface area (Å²) in [6.07, 6.45) is 51.2. The maximum Gasteiger partial charge on any atom is 0.472 e. The number of hydrogen-bond acceptors (Lipinski definition) is 8. The number of phosphoric acid groups is 1. The lowest BCUT2D eigenvalue weighted by Crippen LogP contribution is -2.29. The number of carbonyl (C=O) groups excluding carboxylic acids is 2. The number of allylic oxidation sites excluding steroid dienone is 10. The standard InChI is InChI=1S/C47H84NO8P/c1-3-5-7-9-11-13-15-17-19-20-21-22-23-24-26-28-30-32-34-36-38-40-47(50)56-45(44-55-57(51,52)54-42-41-48)43-53-46(49)39-37-35-33-31-29-27-25-18-16-14-12-10-8-6-4-2/h6,8,12,14,17-19,25,29,31,45H,3-5,7,9-11,13,15-16,20-24,26-28,30,32-44,48H2,1-2H3,(H,51,52). The van der Waals surface area contributed by atoms with Crippen molar-refractivity contribution in [1.82, 2.24) is 0 Å². The van der Waals surface area contributed by atoms with Crippen molar-refractivity contribution in [1.29, 1.82) is 0 Å². The summed E-state index contributed by atoms with van der Waals surface area (Å²) in [4.78, 5) is 34.9. The van der Waals surface area contributed by atoms with E-state index in [0.29, 0.717) is 12.8 Å². The zero-order valence-corrected chi connectivity index (χ0v) is 37.2. The second kappa shape index (κ2) is 43.3. The van der Waals surface area contributed by atoms with Crippen molar-refractivity contribution in [2.75, 3.05) is 26.4 Å². The highest BCUT2D eigenvalue weighted by atomic mass is 31.2. The van der Waals surface area contributed by atoms with Gasteiger partial charge in [-0.3, -0.25) is 18.6 Å². The van der Waals surface area contributed by atoms with Crippen LogP contribution in [0.4, 0.5) is 0 Å². The van der Waals surface area contributed by atoms with Gasteiger partial charge in [-0.15, -0.1) is 0 Å². The van der Waals surface area contributed by atoms with Crippen LogP contribution < -0.4 is 5.73 Å². The molecule has 0 spiro atoms. The molecule has 2 atom stereocenters. The van der Waals surface area contributed by atoms with Crippen LogP contribution in [0.5, 0.6) is 0 Å². The number of unbranched alkanes of at least 4 members (excludes halogenated alkanes) is 19. The summed E-state index contributed by atoms with van der Waals surface area (Å²) >= 11 is 0. The molecule has 0 aliphatic rings. The van der Waals surface area contributed by atoms with E-state index < -0.39 is 32.5 Å². The molecular formula is C47H84NO8P. The molecule has 9 nitrogen and oxygen atoms in total. The predicted molar refractivity (Wildman–Crippen MR) is 238 cm³/mol. The Morgan fingerprint density at radius 2 is 0.965 bits per heavy atom. The molecule has 0 aromatic carbocycles. The number of carbonyl (C=O) groups is 2. The Kier molecular flexibility index (Phi) is 41.6. The smallest absolute Gasteiger partial charge is 0.462 e. The van der Waals surface area contributed by atoms with Crippen LogP contribution in [-0.4, -0.2) is 49.3 Å². The van der Waals surface area contributed by atoms with Gasteiger partial charge in [-0.25, -0.2) is 4.57 Å². The molecule has 0 amide bonds. The van der Waals surface area contributed by atoms with E-state index >= 15 is 0 Å². The molecule has 0 aromatic rings. The number of phosphoric ester groups is 1. The summed E-state index contributed by atoms with van der Waals surface area (Å²) < 4.78 is 32.8. The third-order valence-electron chi connectivity index (χ3n) is 9.39. The van der Waals surface area contributed by atoms with E-state index in [0.717, 1.165) is 57.8 Å². The summed E-state index contributed by atoms with van der Waals surface area (Å²) in [5, 5.41) is 0. The highest BCUT2D eigenvalue weighted by Gasteiger charge is 2.26. The monoisotopic (exact) mass is 822 g/mol. The molecule has 3 N–H and O–H groups in total. The molecule has 0 bridgehead atoms. The summed E-state index contributed by atoms with van der Waals surface area (Å²) in [7, 11) is -4.39. The Labute approximate surface area is 349 Å². The molecule has 0 rings (SSSR count). The highest BCUT2D eigenvalue weighted by molar-refractivity contribution is 7.47. The Morgan fingerprint density at radius 1 is 0.544 bits per heavy atom. The largest absolute Gasteiger partial charge is 0.472 e. The Balaban J connectivity index is 4.15. The van der Waals surface area contributed by atoms with Crippen LogP contribution in [0, 0.1) is 0 Å². The molecular weight excluding hydrogens is 737 g/mol. The van der Waals surface area contributed by atoms with Gasteiger partial charge in [-0.1, -0.05) is 164 Å². The number of esters is 2. The Hall–Kier alpha value is -2.29. The lowest BCUT2D eigenvalue weighted by atomic mass is 10.0. The van der Waals surface area contributed by atoms with Crippen molar-refractivity contribution in [2.24, 2.45) is 5.73 Å². The molecule has 10 heteroatoms. The minimum atomic E-state index is -4.39. The number of nitrogens with two attached hydrogens (primary N) is 1. The molecule has 57 heavy (non-hydrogen) atoms. The average molecular weight is 822 g/mol. The van der Waals surface area contributed by atoms with E-state index in [-0.39, 0.29) is 32.6 Å². The Bertz CT molecular complexity index is 1120. The minimum absolute atomic E-state index is 0.0455. The average Bonchev–Trinajstić information content (AvgIpc) is 3.20. The van der Waals surface area contributed by atoms with Gasteiger partial charge >= 0.3 is 19.8 Å². The lowest BCUT2D eigenvalue weighted by Gasteiger charge is -2.19. The maximum absolute atomic E-state index is 12.6. The lowest BCUT2D eigenvalue weighted by molar-refractivity contribution is -0.161. The van der Waals surface area contributed by atoms with Crippen LogP contribution in [-0.2, 0) is 32.7 Å². The van der Waals surface area contributed by atoms with E-state index in [1.165, 1.54) is 96.3 Å². The second-order valence-electron chi connectivity index (χ2n) is 14.9. The molecule has 0 saturated carbocycles. The van der Waals surface area contributed by atoms with Crippen LogP contribution in [0.3, 0.4) is 0 Å². The van der Waals surface area contributed by atoms with Gasteiger partial charge in [0.25, 0.3) is 0 Å². The maximum atomic E-state index is 12.6. The van der Waals surface area contributed by atoms with E-state index in [1.54, 1.807) is 0 Å². The zero-order chi connectivity index (χ0) is 41.8. The first-order valence-corrected chi connectivity index (χ1v) is 24.3. The first kappa shape index (κ1) is 54.7. The van der Waals surface area contributed by atoms with Crippen molar-refractivity contribution in [2.45, 2.75) is 200 Å². The quantitative estimate of drug-likeness (QED) is 0.0267. The molecule has 0 fully saturated rings. The fourth-order valence-corrected chi connectivity index (χ4v) is 6.80. The van der Waals surface area contributed by atoms with Crippen molar-refractivity contribution in [3.63, 3.8) is 0 Å². The van der Waals surface area contributed by atoms with Gasteiger partial charge < -0.3 is 20.1 Å². The van der Waals surface area contributed by atoms with Gasteiger partial charge in [0.2, 0.25) is 0 Å². The molecule has 330 valence electrons. The molecule has 0 heterocycles. The van der Waals surface area contributed by atoms with Gasteiger partial charge in [-0.2, -0.15) is 0 Å². The fraction of sp³-hybridized carbons (Fsp3) is 0.745. The second-order valence-corrected chi connectivity index (χ2v) is 16.3. The first-order valence-electron chi connectivity index (χ1n) is 22.8. The topological polar surface area (TPSA) is 134 Å². The SMILES string of the molecule is CCC=CCC=CCC=CCC=CCCCCC(=O)OCC(COP(=O)(O)OCCN)OC(=O)CCCCCCCCCCCCCC=CCCCCCCCC. The van der Waals surface area contributed by atoms with Crippen molar-refractivity contribution in [3.8, 4) is 0 Å². The molecule has 0 saturated heterocycles. The fourth-order valence-electron chi connectivity index (χ4n) is 6.03. The van der Waals surface area contributed by atoms with E-state index in [1.807, 2.05) is 0 Å². The van der Waals surface area contributed by atoms with Crippen LogP contribution in [0.1, 0.15) is 194 Å². The molecule has 2 unspecified atom stereocenters. The number of ether oxygens (including phenoxy) is 2. The van der Waals surface area contributed by atoms with E-state index in [2.05, 4.69) is 74.6 Å². The van der Waals surface area contributed by atoms with E-state index in [4.69, 9.17) is 24.3 Å². The van der Waals surface area contributed by atoms with Crippen LogP contribution in [0.15, 0.2) is 60.8 Å². The summed E-state index contributed by atoms with van der Waals surface area (Å²) in [5.41, 5.74) is 5.35. The van der Waals surface area contributed by atoms with Crippen LogP contribution >= 0.6 is 7.82 Å². The third kappa shape index (κ3) is 43.1. The summed E-state index contributed by atoms with van der Waals surface area (Å²) in [6.45, 7) is 3.57. The molecule has 0 aliphatic heterocycles. The van der Waals surface area contributed by atoms with Crippen LogP contribution in [0.2, 0.25) is 0 Å². The molecule has 0 aromatic heterocycles. The van der Waals surface area contributed by atoms with Crippen molar-refractivity contribution >= 4 is 19.8 Å². The third-order valence-corrected chi connectivity index (χ3v) is 10.4. The summed E-state index contributed by atoms with van der Waals surface area (Å²) in [5.74, 6) is -0.879. The minimum Gasteiger partial charge on any atom is -0.462 e. The Morgan fingerprint density at radius 3 is 1.49 bits per heavy atom. The van der Waals surface area contributed by atoms with E-state index in [9.17, 15) is 19.0 Å². The van der Waals surface area contributed by atoms with Gasteiger partial charge in [0.1, 0.15) is 6.61 Å². The first-order chi connectivity index (χ1) is 27.8. The van der Waals surface area contributed by atoms with Crippen molar-refractivity contribution < 1.29 is 37.6 Å².